The topological polar surface area (TPSA) is 12.0 Å². The van der Waals surface area contributed by atoms with Crippen LogP contribution in [-0.4, -0.2) is 19.3 Å². The first-order chi connectivity index (χ1) is 8.18. The number of hydrogen-bond acceptors (Lipinski definition) is 1. The maximum absolute atomic E-state index is 14.2. The fourth-order valence-electron chi connectivity index (χ4n) is 2.29. The van der Waals surface area contributed by atoms with Gasteiger partial charge in [0, 0.05) is 6.42 Å². The molecule has 1 aromatic carbocycles. The molecule has 0 aliphatic carbocycles. The molecule has 1 N–H and O–H groups in total. The molecule has 1 fully saturated rings. The zero-order valence-corrected chi connectivity index (χ0v) is 11.1. The molecule has 1 unspecified atom stereocenters. The fraction of sp³-hybridized carbons (Fsp3) is 0.538. The summed E-state index contributed by atoms with van der Waals surface area (Å²) in [6.07, 6.45) is 1.34. The van der Waals surface area contributed by atoms with E-state index >= 15 is 0 Å². The summed E-state index contributed by atoms with van der Waals surface area (Å²) in [6.45, 7) is 1.82. The van der Waals surface area contributed by atoms with Crippen LogP contribution in [0.4, 0.5) is 4.39 Å². The molecule has 94 valence electrons. The summed E-state index contributed by atoms with van der Waals surface area (Å²) >= 11 is 12.0. The molecule has 17 heavy (non-hydrogen) atoms. The Morgan fingerprint density at radius 1 is 1.29 bits per heavy atom. The van der Waals surface area contributed by atoms with E-state index < -0.39 is 6.17 Å². The molecule has 0 bridgehead atoms. The van der Waals surface area contributed by atoms with E-state index in [9.17, 15) is 4.39 Å². The first-order valence-corrected chi connectivity index (χ1v) is 6.71. The molecule has 1 saturated heterocycles. The summed E-state index contributed by atoms with van der Waals surface area (Å²) < 4.78 is 14.2. The highest BCUT2D eigenvalue weighted by Gasteiger charge is 2.24. The van der Waals surface area contributed by atoms with Crippen molar-refractivity contribution in [3.05, 3.63) is 33.8 Å². The molecule has 0 spiro atoms. The van der Waals surface area contributed by atoms with E-state index in [0.29, 0.717) is 16.5 Å². The Balaban J connectivity index is 2.01. The van der Waals surface area contributed by atoms with Crippen molar-refractivity contribution >= 4 is 23.2 Å². The molecule has 0 amide bonds. The Labute approximate surface area is 111 Å². The van der Waals surface area contributed by atoms with Crippen LogP contribution in [0.2, 0.25) is 10.0 Å². The van der Waals surface area contributed by atoms with Crippen molar-refractivity contribution in [1.82, 2.24) is 5.32 Å². The van der Waals surface area contributed by atoms with Gasteiger partial charge in [0.1, 0.15) is 6.17 Å². The van der Waals surface area contributed by atoms with Gasteiger partial charge in [0.15, 0.2) is 0 Å². The van der Waals surface area contributed by atoms with E-state index in [2.05, 4.69) is 5.32 Å². The smallest absolute Gasteiger partial charge is 0.107 e. The van der Waals surface area contributed by atoms with E-state index in [0.717, 1.165) is 31.5 Å². The van der Waals surface area contributed by atoms with Crippen LogP contribution < -0.4 is 5.32 Å². The molecular weight excluding hydrogens is 260 g/mol. The maximum atomic E-state index is 14.2. The van der Waals surface area contributed by atoms with Gasteiger partial charge in [0.25, 0.3) is 0 Å². The van der Waals surface area contributed by atoms with Crippen LogP contribution in [0.15, 0.2) is 18.2 Å². The van der Waals surface area contributed by atoms with Crippen molar-refractivity contribution < 1.29 is 4.39 Å². The predicted molar refractivity (Wildman–Crippen MR) is 70.7 cm³/mol. The summed E-state index contributed by atoms with van der Waals surface area (Å²) in [6, 6.07) is 5.39. The molecule has 1 aliphatic heterocycles. The zero-order valence-electron chi connectivity index (χ0n) is 9.56. The van der Waals surface area contributed by atoms with Gasteiger partial charge in [-0.25, -0.2) is 4.39 Å². The van der Waals surface area contributed by atoms with Gasteiger partial charge in [0.2, 0.25) is 0 Å². The number of alkyl halides is 1. The van der Waals surface area contributed by atoms with E-state index in [1.54, 1.807) is 6.07 Å². The molecule has 0 saturated carbocycles. The Morgan fingerprint density at radius 2 is 2.00 bits per heavy atom. The van der Waals surface area contributed by atoms with Gasteiger partial charge in [-0.1, -0.05) is 35.3 Å². The Morgan fingerprint density at radius 3 is 2.71 bits per heavy atom. The number of hydrogen-bond donors (Lipinski definition) is 1. The summed E-state index contributed by atoms with van der Waals surface area (Å²) in [5.41, 5.74) is 0.810. The fourth-order valence-corrected chi connectivity index (χ4v) is 2.69. The highest BCUT2D eigenvalue weighted by molar-refractivity contribution is 6.42. The summed E-state index contributed by atoms with van der Waals surface area (Å²) in [5.74, 6) is 0.145. The molecular formula is C13H16Cl2FN. The molecule has 1 aromatic rings. The molecule has 1 atom stereocenters. The molecule has 4 heteroatoms. The van der Waals surface area contributed by atoms with Crippen molar-refractivity contribution in [1.29, 1.82) is 0 Å². The quantitative estimate of drug-likeness (QED) is 0.883. The molecule has 1 heterocycles. The average molecular weight is 276 g/mol. The first kappa shape index (κ1) is 13.1. The van der Waals surface area contributed by atoms with Gasteiger partial charge < -0.3 is 5.32 Å². The van der Waals surface area contributed by atoms with Crippen LogP contribution >= 0.6 is 23.2 Å². The standard InChI is InChI=1S/C13H16Cl2FN/c14-11-3-1-2-10(13(11)15)8-12(16)9-4-6-17-7-5-9/h1-3,9,12,17H,4-8H2. The maximum Gasteiger partial charge on any atom is 0.107 e. The Hall–Kier alpha value is -0.310. The number of benzene rings is 1. The second-order valence-electron chi connectivity index (χ2n) is 4.52. The molecule has 0 aromatic heterocycles. The van der Waals surface area contributed by atoms with Crippen LogP contribution in [0.5, 0.6) is 0 Å². The second-order valence-corrected chi connectivity index (χ2v) is 5.31. The van der Waals surface area contributed by atoms with Gasteiger partial charge in [-0.05, 0) is 43.5 Å². The van der Waals surface area contributed by atoms with E-state index in [-0.39, 0.29) is 5.92 Å². The van der Waals surface area contributed by atoms with Crippen molar-refractivity contribution in [2.45, 2.75) is 25.4 Å². The summed E-state index contributed by atoms with van der Waals surface area (Å²) in [4.78, 5) is 0. The van der Waals surface area contributed by atoms with Crippen molar-refractivity contribution in [3.8, 4) is 0 Å². The van der Waals surface area contributed by atoms with Crippen LogP contribution in [0, 0.1) is 5.92 Å². The van der Waals surface area contributed by atoms with Crippen LogP contribution in [-0.2, 0) is 6.42 Å². The second kappa shape index (κ2) is 6.03. The Bertz CT molecular complexity index is 378. The van der Waals surface area contributed by atoms with Gasteiger partial charge in [-0.15, -0.1) is 0 Å². The van der Waals surface area contributed by atoms with E-state index in [1.807, 2.05) is 12.1 Å². The monoisotopic (exact) mass is 275 g/mol. The average Bonchev–Trinajstić information content (AvgIpc) is 2.36. The lowest BCUT2D eigenvalue weighted by Gasteiger charge is -2.26. The largest absolute Gasteiger partial charge is 0.317 e. The first-order valence-electron chi connectivity index (χ1n) is 5.96. The van der Waals surface area contributed by atoms with Crippen LogP contribution in [0.25, 0.3) is 0 Å². The van der Waals surface area contributed by atoms with Crippen LogP contribution in [0.3, 0.4) is 0 Å². The highest BCUT2D eigenvalue weighted by atomic mass is 35.5. The van der Waals surface area contributed by atoms with E-state index in [4.69, 9.17) is 23.2 Å². The van der Waals surface area contributed by atoms with Gasteiger partial charge in [0.05, 0.1) is 10.0 Å². The number of halogens is 3. The SMILES string of the molecule is FC(Cc1cccc(Cl)c1Cl)C1CCNCC1. The van der Waals surface area contributed by atoms with Crippen LogP contribution in [0.1, 0.15) is 18.4 Å². The molecule has 1 nitrogen and oxygen atoms in total. The molecule has 0 radical (unpaired) electrons. The van der Waals surface area contributed by atoms with Crippen molar-refractivity contribution in [3.63, 3.8) is 0 Å². The lowest BCUT2D eigenvalue weighted by molar-refractivity contribution is 0.187. The zero-order chi connectivity index (χ0) is 12.3. The third-order valence-electron chi connectivity index (χ3n) is 3.34. The number of piperidine rings is 1. The Kier molecular flexibility index (Phi) is 4.66. The molecule has 1 aliphatic rings. The van der Waals surface area contributed by atoms with Gasteiger partial charge in [-0.2, -0.15) is 0 Å². The van der Waals surface area contributed by atoms with E-state index in [1.165, 1.54) is 0 Å². The third-order valence-corrected chi connectivity index (χ3v) is 4.20. The minimum absolute atomic E-state index is 0.145. The van der Waals surface area contributed by atoms with Crippen molar-refractivity contribution in [2.75, 3.05) is 13.1 Å². The molecule has 2 rings (SSSR count). The highest BCUT2D eigenvalue weighted by Crippen LogP contribution is 2.29. The predicted octanol–water partition coefficient (Wildman–Crippen LogP) is 3.87. The third kappa shape index (κ3) is 3.34. The summed E-state index contributed by atoms with van der Waals surface area (Å²) in [7, 11) is 0. The van der Waals surface area contributed by atoms with Gasteiger partial charge >= 0.3 is 0 Å². The van der Waals surface area contributed by atoms with Crippen molar-refractivity contribution in [2.24, 2.45) is 5.92 Å². The minimum atomic E-state index is -0.826. The normalized spacial score (nSPS) is 19.2. The number of rotatable bonds is 3. The van der Waals surface area contributed by atoms with Gasteiger partial charge in [-0.3, -0.25) is 0 Å². The minimum Gasteiger partial charge on any atom is -0.317 e. The number of nitrogens with one attached hydrogen (secondary N) is 1. The lowest BCUT2D eigenvalue weighted by Crippen LogP contribution is -2.33. The lowest BCUT2D eigenvalue weighted by atomic mass is 9.89. The summed E-state index contributed by atoms with van der Waals surface area (Å²) in [5, 5.41) is 4.23.